The van der Waals surface area contributed by atoms with E-state index in [1.165, 1.54) is 23.3 Å². The van der Waals surface area contributed by atoms with Gasteiger partial charge >= 0.3 is 0 Å². The predicted molar refractivity (Wildman–Crippen MR) is 89.6 cm³/mol. The summed E-state index contributed by atoms with van der Waals surface area (Å²) in [4.78, 5) is 12.9. The van der Waals surface area contributed by atoms with Crippen LogP contribution in [-0.2, 0) is 4.79 Å². The normalized spacial score (nSPS) is 15.7. The van der Waals surface area contributed by atoms with Crippen molar-refractivity contribution < 1.29 is 4.79 Å². The van der Waals surface area contributed by atoms with Gasteiger partial charge in [-0.1, -0.05) is 19.1 Å². The maximum atomic E-state index is 11.8. The van der Waals surface area contributed by atoms with Crippen LogP contribution in [0.15, 0.2) is 29.2 Å². The zero-order valence-electron chi connectivity index (χ0n) is 13.0. The summed E-state index contributed by atoms with van der Waals surface area (Å²) in [5.41, 5.74) is 1.28. The van der Waals surface area contributed by atoms with Crippen LogP contribution in [0.4, 0.5) is 0 Å². The maximum Gasteiger partial charge on any atom is 0.230 e. The lowest BCUT2D eigenvalue weighted by Crippen LogP contribution is -2.27. The molecular weight excluding hydrogens is 280 g/mol. The van der Waals surface area contributed by atoms with Crippen molar-refractivity contribution in [3.63, 3.8) is 0 Å². The summed E-state index contributed by atoms with van der Waals surface area (Å²) in [6.45, 7) is 6.24. The van der Waals surface area contributed by atoms with Crippen LogP contribution in [0.25, 0.3) is 0 Å². The molecule has 0 aromatic heterocycles. The smallest absolute Gasteiger partial charge is 0.230 e. The topological polar surface area (TPSA) is 41.1 Å². The van der Waals surface area contributed by atoms with Gasteiger partial charge in [-0.25, -0.2) is 0 Å². The van der Waals surface area contributed by atoms with Crippen LogP contribution in [0, 0.1) is 5.92 Å². The fourth-order valence-corrected chi connectivity index (χ4v) is 2.93. The van der Waals surface area contributed by atoms with Gasteiger partial charge in [0.05, 0.1) is 5.75 Å². The Morgan fingerprint density at radius 2 is 2.24 bits per heavy atom. The molecule has 0 aliphatic heterocycles. The van der Waals surface area contributed by atoms with Crippen molar-refractivity contribution in [2.24, 2.45) is 5.92 Å². The molecule has 0 saturated heterocycles. The van der Waals surface area contributed by atoms with E-state index in [0.717, 1.165) is 25.4 Å². The summed E-state index contributed by atoms with van der Waals surface area (Å²) in [5.74, 6) is 1.40. The first-order valence-electron chi connectivity index (χ1n) is 7.92. The van der Waals surface area contributed by atoms with Gasteiger partial charge in [0.25, 0.3) is 0 Å². The molecule has 21 heavy (non-hydrogen) atoms. The molecule has 0 heterocycles. The Morgan fingerprint density at radius 3 is 2.95 bits per heavy atom. The minimum Gasteiger partial charge on any atom is -0.355 e. The molecule has 1 aliphatic rings. The van der Waals surface area contributed by atoms with Gasteiger partial charge in [0, 0.05) is 17.5 Å². The molecule has 1 atom stereocenters. The second kappa shape index (κ2) is 8.44. The van der Waals surface area contributed by atoms with Gasteiger partial charge in [-0.2, -0.15) is 0 Å². The van der Waals surface area contributed by atoms with E-state index in [4.69, 9.17) is 0 Å². The fraction of sp³-hybridized carbons (Fsp3) is 0.588. The molecule has 1 aliphatic carbocycles. The Hall–Kier alpha value is -1.00. The first-order valence-corrected chi connectivity index (χ1v) is 8.90. The molecule has 1 unspecified atom stereocenters. The summed E-state index contributed by atoms with van der Waals surface area (Å²) in [7, 11) is 0. The molecule has 0 radical (unpaired) electrons. The Balaban J connectivity index is 1.78. The van der Waals surface area contributed by atoms with E-state index in [2.05, 4.69) is 48.7 Å². The van der Waals surface area contributed by atoms with Crippen LogP contribution in [0.3, 0.4) is 0 Å². The molecule has 1 amide bonds. The van der Waals surface area contributed by atoms with E-state index < -0.39 is 0 Å². The van der Waals surface area contributed by atoms with Crippen LogP contribution < -0.4 is 10.6 Å². The Labute approximate surface area is 132 Å². The van der Waals surface area contributed by atoms with E-state index in [1.807, 2.05) is 0 Å². The van der Waals surface area contributed by atoms with Crippen LogP contribution in [0.2, 0.25) is 0 Å². The number of hydrogen-bond donors (Lipinski definition) is 2. The number of benzene rings is 1. The van der Waals surface area contributed by atoms with E-state index in [9.17, 15) is 4.79 Å². The monoisotopic (exact) mass is 306 g/mol. The summed E-state index contributed by atoms with van der Waals surface area (Å²) in [6.07, 6.45) is 3.69. The van der Waals surface area contributed by atoms with Crippen LogP contribution in [-0.4, -0.2) is 24.7 Å². The Morgan fingerprint density at radius 1 is 1.43 bits per heavy atom. The van der Waals surface area contributed by atoms with Gasteiger partial charge < -0.3 is 10.6 Å². The highest BCUT2D eigenvalue weighted by Gasteiger charge is 2.21. The number of amides is 1. The first kappa shape index (κ1) is 16.4. The molecule has 3 nitrogen and oxygen atoms in total. The summed E-state index contributed by atoms with van der Waals surface area (Å²) in [5, 5.41) is 6.50. The van der Waals surface area contributed by atoms with Gasteiger partial charge in [-0.3, -0.25) is 4.79 Å². The number of carbonyl (C=O) groups is 1. The molecular formula is C17H26N2OS. The van der Waals surface area contributed by atoms with Crippen molar-refractivity contribution in [3.8, 4) is 0 Å². The third kappa shape index (κ3) is 6.10. The van der Waals surface area contributed by atoms with Gasteiger partial charge in [0.15, 0.2) is 0 Å². The van der Waals surface area contributed by atoms with Gasteiger partial charge in [0.2, 0.25) is 5.91 Å². The van der Waals surface area contributed by atoms with Gasteiger partial charge in [-0.15, -0.1) is 11.8 Å². The first-order chi connectivity index (χ1) is 10.2. The average molecular weight is 306 g/mol. The van der Waals surface area contributed by atoms with Gasteiger partial charge in [-0.05, 0) is 56.3 Å². The van der Waals surface area contributed by atoms with Crippen molar-refractivity contribution in [3.05, 3.63) is 29.8 Å². The van der Waals surface area contributed by atoms with Crippen molar-refractivity contribution >= 4 is 17.7 Å². The number of carbonyl (C=O) groups excluding carboxylic acids is 1. The third-order valence-electron chi connectivity index (χ3n) is 3.71. The molecule has 2 rings (SSSR count). The summed E-state index contributed by atoms with van der Waals surface area (Å²) < 4.78 is 0. The number of hydrogen-bond acceptors (Lipinski definition) is 3. The Bertz CT molecular complexity index is 460. The highest BCUT2D eigenvalue weighted by molar-refractivity contribution is 8.00. The molecule has 4 heteroatoms. The lowest BCUT2D eigenvalue weighted by Gasteiger charge is -2.14. The number of thioether (sulfide) groups is 1. The molecule has 0 bridgehead atoms. The maximum absolute atomic E-state index is 11.8. The molecule has 116 valence electrons. The highest BCUT2D eigenvalue weighted by Crippen LogP contribution is 2.27. The van der Waals surface area contributed by atoms with Crippen LogP contribution >= 0.6 is 11.8 Å². The number of rotatable bonds is 9. The fourth-order valence-electron chi connectivity index (χ4n) is 2.13. The molecule has 1 saturated carbocycles. The van der Waals surface area contributed by atoms with Crippen LogP contribution in [0.5, 0.6) is 0 Å². The second-order valence-corrected chi connectivity index (χ2v) is 6.83. The van der Waals surface area contributed by atoms with Crippen molar-refractivity contribution in [2.45, 2.75) is 44.0 Å². The van der Waals surface area contributed by atoms with E-state index in [1.54, 1.807) is 11.8 Å². The second-order valence-electron chi connectivity index (χ2n) is 5.78. The molecule has 0 spiro atoms. The van der Waals surface area contributed by atoms with E-state index >= 15 is 0 Å². The van der Waals surface area contributed by atoms with Gasteiger partial charge in [0.1, 0.15) is 0 Å². The number of nitrogens with one attached hydrogen (secondary N) is 2. The standard InChI is InChI=1S/C17H26N2OS/c1-3-9-18-13(2)15-5-4-6-16(10-15)21-12-17(20)19-11-14-7-8-14/h4-6,10,13-14,18H,3,7-9,11-12H2,1-2H3,(H,19,20). The predicted octanol–water partition coefficient (Wildman–Crippen LogP) is 3.37. The lowest BCUT2D eigenvalue weighted by atomic mass is 10.1. The van der Waals surface area contributed by atoms with Crippen molar-refractivity contribution in [1.82, 2.24) is 10.6 Å². The molecule has 1 aromatic carbocycles. The van der Waals surface area contributed by atoms with Crippen molar-refractivity contribution in [2.75, 3.05) is 18.8 Å². The molecule has 1 fully saturated rings. The highest BCUT2D eigenvalue weighted by atomic mass is 32.2. The zero-order valence-corrected chi connectivity index (χ0v) is 13.8. The summed E-state index contributed by atoms with van der Waals surface area (Å²) in [6, 6.07) is 8.84. The minimum absolute atomic E-state index is 0.148. The summed E-state index contributed by atoms with van der Waals surface area (Å²) >= 11 is 1.62. The SMILES string of the molecule is CCCNC(C)c1cccc(SCC(=O)NCC2CC2)c1. The largest absolute Gasteiger partial charge is 0.355 e. The zero-order chi connectivity index (χ0) is 15.1. The van der Waals surface area contributed by atoms with E-state index in [-0.39, 0.29) is 5.91 Å². The lowest BCUT2D eigenvalue weighted by molar-refractivity contribution is -0.118. The Kier molecular flexibility index (Phi) is 6.58. The van der Waals surface area contributed by atoms with E-state index in [0.29, 0.717) is 11.8 Å². The van der Waals surface area contributed by atoms with Crippen molar-refractivity contribution in [1.29, 1.82) is 0 Å². The quantitative estimate of drug-likeness (QED) is 0.687. The minimum atomic E-state index is 0.148. The third-order valence-corrected chi connectivity index (χ3v) is 4.71. The molecule has 2 N–H and O–H groups in total. The van der Waals surface area contributed by atoms with Crippen LogP contribution in [0.1, 0.15) is 44.7 Å². The molecule has 1 aromatic rings. The average Bonchev–Trinajstić information content (AvgIpc) is 3.33.